The number of hydrogen-bond acceptors (Lipinski definition) is 7. The number of ether oxygens (including phenoxy) is 1. The summed E-state index contributed by atoms with van der Waals surface area (Å²) in [6.45, 7) is 4.93. The second-order valence-corrected chi connectivity index (χ2v) is 6.45. The first-order valence-electron chi connectivity index (χ1n) is 8.24. The van der Waals surface area contributed by atoms with Gasteiger partial charge in [0.05, 0.1) is 19.9 Å². The van der Waals surface area contributed by atoms with E-state index >= 15 is 0 Å². The maximum atomic E-state index is 12.0. The molecule has 9 heteroatoms. The van der Waals surface area contributed by atoms with Crippen LogP contribution in [0.2, 0.25) is 0 Å². The molecule has 0 saturated carbocycles. The molecule has 0 amide bonds. The second kappa shape index (κ2) is 7.90. The van der Waals surface area contributed by atoms with Crippen molar-refractivity contribution in [1.29, 1.82) is 0 Å². The van der Waals surface area contributed by atoms with E-state index in [2.05, 4.69) is 16.7 Å². The van der Waals surface area contributed by atoms with Gasteiger partial charge in [-0.3, -0.25) is 19.2 Å². The molecule has 138 valence electrons. The number of hydrogen-bond donors (Lipinski definition) is 1. The van der Waals surface area contributed by atoms with Gasteiger partial charge in [-0.2, -0.15) is 5.10 Å². The number of carbonyl (C=O) groups is 1. The highest BCUT2D eigenvalue weighted by Crippen LogP contribution is 2.22. The number of allylic oxidation sites excluding steroid dienone is 1. The zero-order chi connectivity index (χ0) is 18.7. The summed E-state index contributed by atoms with van der Waals surface area (Å²) in [5.41, 5.74) is 0.838. The standard InChI is InChI=1S/C17H21N5O3S/c1-3-7-21-15(12-5-4-6-18-9-12)19-22(17(21)26)11-20-10-13(23)8-14(20)16(24)25-2/h3-6,9,13-14,23H,1,7-8,10-11H2,2H3/t13-,14+/m1/s1. The Morgan fingerprint density at radius 2 is 2.38 bits per heavy atom. The summed E-state index contributed by atoms with van der Waals surface area (Å²) in [7, 11) is 1.34. The van der Waals surface area contributed by atoms with Crippen LogP contribution in [0.1, 0.15) is 6.42 Å². The molecule has 1 N–H and O–H groups in total. The van der Waals surface area contributed by atoms with E-state index in [1.165, 1.54) is 7.11 Å². The second-order valence-electron chi connectivity index (χ2n) is 6.09. The minimum absolute atomic E-state index is 0.285. The lowest BCUT2D eigenvalue weighted by Gasteiger charge is -2.21. The number of aliphatic hydroxyl groups is 1. The zero-order valence-corrected chi connectivity index (χ0v) is 15.3. The van der Waals surface area contributed by atoms with Crippen molar-refractivity contribution in [2.45, 2.75) is 31.8 Å². The zero-order valence-electron chi connectivity index (χ0n) is 14.5. The van der Waals surface area contributed by atoms with Crippen LogP contribution in [0, 0.1) is 4.77 Å². The van der Waals surface area contributed by atoms with E-state index in [1.54, 1.807) is 23.2 Å². The van der Waals surface area contributed by atoms with Gasteiger partial charge in [0, 0.05) is 37.5 Å². The average Bonchev–Trinajstić information content (AvgIpc) is 3.17. The lowest BCUT2D eigenvalue weighted by atomic mass is 10.2. The third-order valence-corrected chi connectivity index (χ3v) is 4.76. The van der Waals surface area contributed by atoms with Crippen LogP contribution in [0.5, 0.6) is 0 Å². The van der Waals surface area contributed by atoms with E-state index in [0.29, 0.717) is 30.1 Å². The average molecular weight is 375 g/mol. The Balaban J connectivity index is 1.94. The monoisotopic (exact) mass is 375 g/mol. The molecule has 3 rings (SSSR count). The van der Waals surface area contributed by atoms with Crippen molar-refractivity contribution in [3.8, 4) is 11.4 Å². The molecule has 2 aromatic rings. The van der Waals surface area contributed by atoms with E-state index in [0.717, 1.165) is 5.56 Å². The van der Waals surface area contributed by atoms with Gasteiger partial charge in [0.15, 0.2) is 10.6 Å². The molecule has 1 fully saturated rings. The first-order chi connectivity index (χ1) is 12.5. The Labute approximate surface area is 156 Å². The quantitative estimate of drug-likeness (QED) is 0.462. The number of methoxy groups -OCH3 is 1. The summed E-state index contributed by atoms with van der Waals surface area (Å²) >= 11 is 5.56. The summed E-state index contributed by atoms with van der Waals surface area (Å²) in [5, 5.41) is 14.6. The third kappa shape index (κ3) is 3.59. The molecule has 1 aliphatic rings. The van der Waals surface area contributed by atoms with Gasteiger partial charge in [0.1, 0.15) is 6.04 Å². The molecule has 1 aliphatic heterocycles. The molecule has 0 aromatic carbocycles. The van der Waals surface area contributed by atoms with E-state index in [4.69, 9.17) is 17.0 Å². The summed E-state index contributed by atoms with van der Waals surface area (Å²) in [5.74, 6) is 0.309. The number of carbonyl (C=O) groups excluding carboxylic acids is 1. The van der Waals surface area contributed by atoms with Crippen LogP contribution in [0.15, 0.2) is 37.2 Å². The highest BCUT2D eigenvalue weighted by molar-refractivity contribution is 7.71. The van der Waals surface area contributed by atoms with E-state index in [1.807, 2.05) is 21.6 Å². The number of aliphatic hydroxyl groups excluding tert-OH is 1. The fraction of sp³-hybridized carbons (Fsp3) is 0.412. The van der Waals surface area contributed by atoms with Gasteiger partial charge in [-0.05, 0) is 24.4 Å². The molecule has 0 spiro atoms. The molecular formula is C17H21N5O3S. The summed E-state index contributed by atoms with van der Waals surface area (Å²) in [6, 6.07) is 3.23. The Morgan fingerprint density at radius 1 is 1.58 bits per heavy atom. The van der Waals surface area contributed by atoms with E-state index < -0.39 is 12.1 Å². The Kier molecular flexibility index (Phi) is 5.60. The minimum Gasteiger partial charge on any atom is -0.468 e. The van der Waals surface area contributed by atoms with Crippen LogP contribution in [-0.4, -0.2) is 61.1 Å². The number of pyridine rings is 1. The molecule has 0 unspecified atom stereocenters. The van der Waals surface area contributed by atoms with Crippen LogP contribution >= 0.6 is 12.2 Å². The fourth-order valence-corrected chi connectivity index (χ4v) is 3.38. The Bertz CT molecular complexity index is 848. The molecule has 2 atom stereocenters. The highest BCUT2D eigenvalue weighted by Gasteiger charge is 2.37. The van der Waals surface area contributed by atoms with Gasteiger partial charge in [-0.15, -0.1) is 6.58 Å². The normalized spacial score (nSPS) is 20.2. The van der Waals surface area contributed by atoms with Crippen molar-refractivity contribution < 1.29 is 14.6 Å². The van der Waals surface area contributed by atoms with Gasteiger partial charge >= 0.3 is 5.97 Å². The number of rotatable bonds is 6. The number of nitrogens with zero attached hydrogens (tertiary/aromatic N) is 5. The topological polar surface area (TPSA) is 85.4 Å². The lowest BCUT2D eigenvalue weighted by molar-refractivity contribution is -0.146. The van der Waals surface area contributed by atoms with Crippen LogP contribution in [0.4, 0.5) is 0 Å². The molecule has 0 aliphatic carbocycles. The largest absolute Gasteiger partial charge is 0.468 e. The number of aromatic nitrogens is 4. The molecule has 1 saturated heterocycles. The predicted molar refractivity (Wildman–Crippen MR) is 97.6 cm³/mol. The smallest absolute Gasteiger partial charge is 0.323 e. The summed E-state index contributed by atoms with van der Waals surface area (Å²) in [4.78, 5) is 17.9. The first-order valence-corrected chi connectivity index (χ1v) is 8.64. The Hall–Kier alpha value is -2.36. The van der Waals surface area contributed by atoms with Crippen LogP contribution in [-0.2, 0) is 22.7 Å². The summed E-state index contributed by atoms with van der Waals surface area (Å²) in [6.07, 6.45) is 4.92. The Morgan fingerprint density at radius 3 is 3.04 bits per heavy atom. The van der Waals surface area contributed by atoms with Gasteiger partial charge in [0.25, 0.3) is 0 Å². The molecule has 0 bridgehead atoms. The lowest BCUT2D eigenvalue weighted by Crippen LogP contribution is -2.38. The van der Waals surface area contributed by atoms with Crippen LogP contribution in [0.3, 0.4) is 0 Å². The highest BCUT2D eigenvalue weighted by atomic mass is 32.1. The van der Waals surface area contributed by atoms with Crippen LogP contribution < -0.4 is 0 Å². The maximum Gasteiger partial charge on any atom is 0.323 e. The van der Waals surface area contributed by atoms with E-state index in [9.17, 15) is 9.90 Å². The number of esters is 1. The SMILES string of the molecule is C=CCn1c(-c2cccnc2)nn(CN2C[C@H](O)C[C@H]2C(=O)OC)c1=S. The summed E-state index contributed by atoms with van der Waals surface area (Å²) < 4.78 is 8.86. The molecular weight excluding hydrogens is 354 g/mol. The first kappa shape index (κ1) is 18.4. The molecule has 0 radical (unpaired) electrons. The van der Waals surface area contributed by atoms with Gasteiger partial charge < -0.3 is 9.84 Å². The molecule has 2 aromatic heterocycles. The van der Waals surface area contributed by atoms with Gasteiger partial charge in [-0.25, -0.2) is 4.68 Å². The maximum absolute atomic E-state index is 12.0. The van der Waals surface area contributed by atoms with Crippen molar-refractivity contribution in [2.24, 2.45) is 0 Å². The fourth-order valence-electron chi connectivity index (χ4n) is 3.12. The third-order valence-electron chi connectivity index (χ3n) is 4.32. The van der Waals surface area contributed by atoms with Crippen molar-refractivity contribution in [3.05, 3.63) is 42.0 Å². The van der Waals surface area contributed by atoms with Gasteiger partial charge in [0.2, 0.25) is 0 Å². The van der Waals surface area contributed by atoms with Crippen molar-refractivity contribution in [3.63, 3.8) is 0 Å². The molecule has 8 nitrogen and oxygen atoms in total. The predicted octanol–water partition coefficient (Wildman–Crippen LogP) is 1.23. The van der Waals surface area contributed by atoms with Crippen molar-refractivity contribution in [2.75, 3.05) is 13.7 Å². The van der Waals surface area contributed by atoms with Crippen molar-refractivity contribution in [1.82, 2.24) is 24.2 Å². The van der Waals surface area contributed by atoms with E-state index in [-0.39, 0.29) is 12.6 Å². The number of likely N-dealkylation sites (tertiary alicyclic amines) is 1. The molecule has 3 heterocycles. The van der Waals surface area contributed by atoms with Crippen LogP contribution in [0.25, 0.3) is 11.4 Å². The molecule has 26 heavy (non-hydrogen) atoms. The van der Waals surface area contributed by atoms with Gasteiger partial charge in [-0.1, -0.05) is 6.08 Å². The van der Waals surface area contributed by atoms with Crippen molar-refractivity contribution >= 4 is 18.2 Å². The number of β-amino-alcohol motifs (C(OH)–C–C–N with tert-alkyl or cyclic N) is 1. The minimum atomic E-state index is -0.582.